The van der Waals surface area contributed by atoms with Crippen LogP contribution in [0, 0.1) is 5.92 Å². The summed E-state index contributed by atoms with van der Waals surface area (Å²) in [6, 6.07) is 9.80. The van der Waals surface area contributed by atoms with Crippen LogP contribution in [0.15, 0.2) is 30.3 Å². The van der Waals surface area contributed by atoms with E-state index in [0.717, 1.165) is 18.5 Å². The largest absolute Gasteiger partial charge is 0.326 e. The summed E-state index contributed by atoms with van der Waals surface area (Å²) in [7, 11) is 0. The highest BCUT2D eigenvalue weighted by Crippen LogP contribution is 2.24. The number of carbonyl (C=O) groups is 1. The van der Waals surface area contributed by atoms with Crippen molar-refractivity contribution in [2.75, 3.05) is 6.54 Å². The monoisotopic (exact) mass is 260 g/mol. The molecule has 1 amide bonds. The molecule has 1 aromatic rings. The molecule has 1 heterocycles. The Morgan fingerprint density at radius 3 is 2.58 bits per heavy atom. The second kappa shape index (κ2) is 6.20. The molecule has 0 aliphatic carbocycles. The van der Waals surface area contributed by atoms with Gasteiger partial charge in [-0.15, -0.1) is 0 Å². The molecule has 1 aliphatic rings. The fourth-order valence-electron chi connectivity index (χ4n) is 2.62. The van der Waals surface area contributed by atoms with E-state index in [1.807, 2.05) is 35.2 Å². The van der Waals surface area contributed by atoms with Gasteiger partial charge >= 0.3 is 0 Å². The highest BCUT2D eigenvalue weighted by molar-refractivity contribution is 5.85. The van der Waals surface area contributed by atoms with E-state index in [1.54, 1.807) is 0 Å². The Kier molecular flexibility index (Phi) is 4.59. The highest BCUT2D eigenvalue weighted by Gasteiger charge is 2.36. The van der Waals surface area contributed by atoms with Gasteiger partial charge < -0.3 is 4.90 Å². The summed E-state index contributed by atoms with van der Waals surface area (Å²) in [5.74, 6) is 0.911. The van der Waals surface area contributed by atoms with Gasteiger partial charge in [0.25, 0.3) is 0 Å². The predicted octanol–water partition coefficient (Wildman–Crippen LogP) is 2.94. The number of rotatable bonds is 5. The SMILES string of the molecule is CC(C)CCCN1C(=O)C(c2ccccc2)NC1C. The molecule has 1 aliphatic heterocycles. The molecule has 0 radical (unpaired) electrons. The maximum atomic E-state index is 12.5. The Morgan fingerprint density at radius 2 is 1.95 bits per heavy atom. The van der Waals surface area contributed by atoms with Crippen molar-refractivity contribution in [3.05, 3.63) is 35.9 Å². The molecule has 3 heteroatoms. The normalized spacial score (nSPS) is 23.4. The molecular weight excluding hydrogens is 236 g/mol. The van der Waals surface area contributed by atoms with E-state index in [1.165, 1.54) is 6.42 Å². The zero-order chi connectivity index (χ0) is 13.8. The first-order chi connectivity index (χ1) is 9.09. The zero-order valence-electron chi connectivity index (χ0n) is 12.1. The number of nitrogens with zero attached hydrogens (tertiary/aromatic N) is 1. The van der Waals surface area contributed by atoms with Gasteiger partial charge in [0.05, 0.1) is 6.17 Å². The number of benzene rings is 1. The first-order valence-corrected chi connectivity index (χ1v) is 7.21. The van der Waals surface area contributed by atoms with Crippen LogP contribution in [-0.4, -0.2) is 23.5 Å². The second-order valence-corrected chi connectivity index (χ2v) is 5.75. The van der Waals surface area contributed by atoms with E-state index in [2.05, 4.69) is 26.1 Å². The average molecular weight is 260 g/mol. The van der Waals surface area contributed by atoms with E-state index in [-0.39, 0.29) is 18.1 Å². The lowest BCUT2D eigenvalue weighted by Crippen LogP contribution is -2.35. The van der Waals surface area contributed by atoms with Gasteiger partial charge in [-0.25, -0.2) is 0 Å². The molecule has 3 nitrogen and oxygen atoms in total. The van der Waals surface area contributed by atoms with Crippen molar-refractivity contribution in [3.8, 4) is 0 Å². The van der Waals surface area contributed by atoms with Crippen LogP contribution >= 0.6 is 0 Å². The summed E-state index contributed by atoms with van der Waals surface area (Å²) in [6.07, 6.45) is 2.38. The van der Waals surface area contributed by atoms with Crippen molar-refractivity contribution in [1.82, 2.24) is 10.2 Å². The van der Waals surface area contributed by atoms with E-state index in [9.17, 15) is 4.79 Å². The lowest BCUT2D eigenvalue weighted by atomic mass is 10.1. The van der Waals surface area contributed by atoms with Crippen LogP contribution < -0.4 is 5.32 Å². The molecule has 0 aromatic heterocycles. The highest BCUT2D eigenvalue weighted by atomic mass is 16.2. The Labute approximate surface area is 116 Å². The molecule has 2 atom stereocenters. The molecular formula is C16H24N2O. The van der Waals surface area contributed by atoms with Gasteiger partial charge in [-0.3, -0.25) is 10.1 Å². The molecule has 19 heavy (non-hydrogen) atoms. The molecule has 0 saturated carbocycles. The number of amides is 1. The van der Waals surface area contributed by atoms with Gasteiger partial charge in [-0.2, -0.15) is 0 Å². The minimum Gasteiger partial charge on any atom is -0.326 e. The van der Waals surface area contributed by atoms with Crippen LogP contribution in [0.4, 0.5) is 0 Å². The van der Waals surface area contributed by atoms with Crippen LogP contribution in [0.3, 0.4) is 0 Å². The first-order valence-electron chi connectivity index (χ1n) is 7.21. The van der Waals surface area contributed by atoms with Gasteiger partial charge in [-0.05, 0) is 31.2 Å². The van der Waals surface area contributed by atoms with Crippen LogP contribution in [0.5, 0.6) is 0 Å². The summed E-state index contributed by atoms with van der Waals surface area (Å²) < 4.78 is 0. The van der Waals surface area contributed by atoms with Crippen molar-refractivity contribution in [2.24, 2.45) is 5.92 Å². The van der Waals surface area contributed by atoms with Crippen molar-refractivity contribution in [1.29, 1.82) is 0 Å². The lowest BCUT2D eigenvalue weighted by molar-refractivity contribution is -0.130. The van der Waals surface area contributed by atoms with Crippen molar-refractivity contribution in [2.45, 2.75) is 45.8 Å². The van der Waals surface area contributed by atoms with Crippen molar-refractivity contribution in [3.63, 3.8) is 0 Å². The molecule has 1 fully saturated rings. The van der Waals surface area contributed by atoms with Gasteiger partial charge in [-0.1, -0.05) is 44.2 Å². The summed E-state index contributed by atoms with van der Waals surface area (Å²) in [5.41, 5.74) is 1.06. The minimum atomic E-state index is -0.171. The Hall–Kier alpha value is -1.35. The Morgan fingerprint density at radius 1 is 1.26 bits per heavy atom. The van der Waals surface area contributed by atoms with Crippen LogP contribution in [0.2, 0.25) is 0 Å². The summed E-state index contributed by atoms with van der Waals surface area (Å²) in [4.78, 5) is 14.4. The van der Waals surface area contributed by atoms with Crippen LogP contribution in [0.1, 0.15) is 45.2 Å². The number of carbonyl (C=O) groups excluding carboxylic acids is 1. The third-order valence-corrected chi connectivity index (χ3v) is 3.72. The maximum absolute atomic E-state index is 12.5. The molecule has 1 aromatic carbocycles. The molecule has 0 bridgehead atoms. The number of hydrogen-bond donors (Lipinski definition) is 1. The van der Waals surface area contributed by atoms with E-state index < -0.39 is 0 Å². The number of hydrogen-bond acceptors (Lipinski definition) is 2. The van der Waals surface area contributed by atoms with E-state index in [0.29, 0.717) is 5.92 Å². The van der Waals surface area contributed by atoms with Crippen molar-refractivity contribution < 1.29 is 4.79 Å². The topological polar surface area (TPSA) is 32.3 Å². The first kappa shape index (κ1) is 14.1. The maximum Gasteiger partial charge on any atom is 0.245 e. The smallest absolute Gasteiger partial charge is 0.245 e. The third kappa shape index (κ3) is 3.35. The zero-order valence-corrected chi connectivity index (χ0v) is 12.1. The fraction of sp³-hybridized carbons (Fsp3) is 0.562. The Balaban J connectivity index is 1.98. The summed E-state index contributed by atoms with van der Waals surface area (Å²) in [5, 5.41) is 3.38. The second-order valence-electron chi connectivity index (χ2n) is 5.75. The van der Waals surface area contributed by atoms with E-state index >= 15 is 0 Å². The van der Waals surface area contributed by atoms with Crippen LogP contribution in [-0.2, 0) is 4.79 Å². The fourth-order valence-corrected chi connectivity index (χ4v) is 2.62. The predicted molar refractivity (Wildman–Crippen MR) is 77.6 cm³/mol. The standard InChI is InChI=1S/C16H24N2O/c1-12(2)8-7-11-18-13(3)17-15(16(18)19)14-9-5-4-6-10-14/h4-6,9-10,12-13,15,17H,7-8,11H2,1-3H3. The quantitative estimate of drug-likeness (QED) is 0.883. The molecule has 2 rings (SSSR count). The van der Waals surface area contributed by atoms with Crippen molar-refractivity contribution >= 4 is 5.91 Å². The molecule has 1 N–H and O–H groups in total. The lowest BCUT2D eigenvalue weighted by Gasteiger charge is -2.21. The minimum absolute atomic E-state index is 0.130. The average Bonchev–Trinajstić information content (AvgIpc) is 2.67. The summed E-state index contributed by atoms with van der Waals surface area (Å²) in [6.45, 7) is 7.37. The van der Waals surface area contributed by atoms with Gasteiger partial charge in [0, 0.05) is 6.54 Å². The van der Waals surface area contributed by atoms with Gasteiger partial charge in [0.1, 0.15) is 6.04 Å². The van der Waals surface area contributed by atoms with Gasteiger partial charge in [0.15, 0.2) is 0 Å². The van der Waals surface area contributed by atoms with Gasteiger partial charge in [0.2, 0.25) is 5.91 Å². The molecule has 104 valence electrons. The van der Waals surface area contributed by atoms with Crippen LogP contribution in [0.25, 0.3) is 0 Å². The molecule has 0 spiro atoms. The Bertz CT molecular complexity index is 416. The summed E-state index contributed by atoms with van der Waals surface area (Å²) >= 11 is 0. The third-order valence-electron chi connectivity index (χ3n) is 3.72. The molecule has 2 unspecified atom stereocenters. The van der Waals surface area contributed by atoms with E-state index in [4.69, 9.17) is 0 Å². The molecule has 1 saturated heterocycles. The number of nitrogens with one attached hydrogen (secondary N) is 1.